The smallest absolute Gasteiger partial charge is 0.290 e. The normalized spacial score (nSPS) is 15.6. The molecule has 0 N–H and O–H groups in total. The van der Waals surface area contributed by atoms with E-state index in [-0.39, 0.29) is 17.1 Å². The van der Waals surface area contributed by atoms with Gasteiger partial charge in [0.15, 0.2) is 5.43 Å². The monoisotopic (exact) mass is 405 g/mol. The van der Waals surface area contributed by atoms with Crippen molar-refractivity contribution in [1.82, 2.24) is 4.90 Å². The van der Waals surface area contributed by atoms with Crippen LogP contribution >= 0.6 is 0 Å². The van der Waals surface area contributed by atoms with Crippen molar-refractivity contribution in [3.63, 3.8) is 0 Å². The summed E-state index contributed by atoms with van der Waals surface area (Å²) < 4.78 is 11.8. The van der Waals surface area contributed by atoms with Crippen LogP contribution in [0.25, 0.3) is 11.0 Å². The lowest BCUT2D eigenvalue weighted by Crippen LogP contribution is -2.30. The van der Waals surface area contributed by atoms with Gasteiger partial charge in [-0.25, -0.2) is 0 Å². The van der Waals surface area contributed by atoms with Gasteiger partial charge in [-0.1, -0.05) is 51.0 Å². The van der Waals surface area contributed by atoms with E-state index in [4.69, 9.17) is 9.15 Å². The third-order valence-electron chi connectivity index (χ3n) is 5.53. The fourth-order valence-electron chi connectivity index (χ4n) is 4.10. The lowest BCUT2D eigenvalue weighted by molar-refractivity contribution is 0.0728. The van der Waals surface area contributed by atoms with Gasteiger partial charge in [0.25, 0.3) is 5.91 Å². The zero-order chi connectivity index (χ0) is 21.1. The molecule has 5 heteroatoms. The van der Waals surface area contributed by atoms with Crippen molar-refractivity contribution in [2.24, 2.45) is 0 Å². The summed E-state index contributed by atoms with van der Waals surface area (Å²) in [6.45, 7) is 5.38. The third-order valence-corrected chi connectivity index (χ3v) is 5.53. The van der Waals surface area contributed by atoms with Crippen molar-refractivity contribution in [2.75, 3.05) is 13.2 Å². The highest BCUT2D eigenvalue weighted by Crippen LogP contribution is 2.39. The van der Waals surface area contributed by atoms with Gasteiger partial charge in [0.05, 0.1) is 23.6 Å². The Labute approximate surface area is 176 Å². The molecule has 0 saturated carbocycles. The third kappa shape index (κ3) is 3.60. The van der Waals surface area contributed by atoms with E-state index in [0.29, 0.717) is 29.7 Å². The van der Waals surface area contributed by atoms with Gasteiger partial charge < -0.3 is 14.1 Å². The van der Waals surface area contributed by atoms with Gasteiger partial charge in [-0.15, -0.1) is 0 Å². The van der Waals surface area contributed by atoms with Gasteiger partial charge in [0, 0.05) is 6.54 Å². The highest BCUT2D eigenvalue weighted by atomic mass is 16.5. The van der Waals surface area contributed by atoms with E-state index in [1.54, 1.807) is 23.1 Å². The summed E-state index contributed by atoms with van der Waals surface area (Å²) >= 11 is 0. The Morgan fingerprint density at radius 3 is 2.63 bits per heavy atom. The summed E-state index contributed by atoms with van der Waals surface area (Å²) in [5, 5.41) is 0.499. The topological polar surface area (TPSA) is 59.8 Å². The van der Waals surface area contributed by atoms with Crippen molar-refractivity contribution in [2.45, 2.75) is 45.6 Å². The van der Waals surface area contributed by atoms with Crippen molar-refractivity contribution in [3.8, 4) is 5.75 Å². The van der Waals surface area contributed by atoms with Crippen LogP contribution in [0.2, 0.25) is 0 Å². The molecule has 1 aromatic heterocycles. The van der Waals surface area contributed by atoms with Crippen LogP contribution < -0.4 is 10.2 Å². The van der Waals surface area contributed by atoms with Crippen LogP contribution in [0.5, 0.6) is 5.75 Å². The van der Waals surface area contributed by atoms with E-state index in [2.05, 4.69) is 6.92 Å². The highest BCUT2D eigenvalue weighted by molar-refractivity contribution is 5.99. The molecular formula is C25H27NO4. The first-order valence-corrected chi connectivity index (χ1v) is 10.7. The molecule has 0 saturated heterocycles. The second kappa shape index (κ2) is 8.74. The molecule has 5 nitrogen and oxygen atoms in total. The van der Waals surface area contributed by atoms with Crippen LogP contribution in [0, 0.1) is 0 Å². The molecule has 1 aliphatic rings. The van der Waals surface area contributed by atoms with Crippen LogP contribution in [0.4, 0.5) is 0 Å². The first-order chi connectivity index (χ1) is 14.7. The molecule has 0 spiro atoms. The lowest BCUT2D eigenvalue weighted by Gasteiger charge is -2.25. The van der Waals surface area contributed by atoms with Gasteiger partial charge in [0.2, 0.25) is 5.76 Å². The van der Waals surface area contributed by atoms with Gasteiger partial charge in [-0.2, -0.15) is 0 Å². The Morgan fingerprint density at radius 2 is 1.83 bits per heavy atom. The lowest BCUT2D eigenvalue weighted by atomic mass is 9.98. The Bertz CT molecular complexity index is 1120. The van der Waals surface area contributed by atoms with Crippen LogP contribution in [0.1, 0.15) is 67.3 Å². The van der Waals surface area contributed by atoms with Gasteiger partial charge in [0.1, 0.15) is 11.3 Å². The second-order valence-electron chi connectivity index (χ2n) is 7.70. The Balaban J connectivity index is 1.78. The SMILES string of the molecule is CCCCCOc1cccc([C@@H]2c3c(oc4ccccc4c3=O)C(=O)N2CCC)c1. The number of hydrogen-bond acceptors (Lipinski definition) is 4. The van der Waals surface area contributed by atoms with E-state index in [0.717, 1.165) is 37.0 Å². The fourth-order valence-corrected chi connectivity index (χ4v) is 4.10. The van der Waals surface area contributed by atoms with Crippen LogP contribution in [-0.2, 0) is 0 Å². The summed E-state index contributed by atoms with van der Waals surface area (Å²) in [7, 11) is 0. The van der Waals surface area contributed by atoms with E-state index >= 15 is 0 Å². The van der Waals surface area contributed by atoms with Crippen molar-refractivity contribution in [3.05, 3.63) is 75.6 Å². The predicted molar refractivity (Wildman–Crippen MR) is 117 cm³/mol. The molecular weight excluding hydrogens is 378 g/mol. The standard InChI is InChI=1S/C25H27NO4/c1-3-5-8-15-29-18-11-9-10-17(16-18)22-21-23(27)19-12-6-7-13-20(19)30-24(21)25(28)26(22)14-4-2/h6-7,9-13,16,22H,3-5,8,14-15H2,1-2H3/t22-/m1/s1. The van der Waals surface area contributed by atoms with E-state index in [9.17, 15) is 9.59 Å². The van der Waals surface area contributed by atoms with E-state index in [1.807, 2.05) is 37.3 Å². The molecule has 2 aromatic carbocycles. The number of hydrogen-bond donors (Lipinski definition) is 0. The van der Waals surface area contributed by atoms with Crippen LogP contribution in [0.15, 0.2) is 57.7 Å². The van der Waals surface area contributed by atoms with Crippen molar-refractivity contribution in [1.29, 1.82) is 0 Å². The predicted octanol–water partition coefficient (Wildman–Crippen LogP) is 5.32. The summed E-state index contributed by atoms with van der Waals surface area (Å²) in [6, 6.07) is 14.3. The quantitative estimate of drug-likeness (QED) is 0.476. The molecule has 3 aromatic rings. The molecule has 0 radical (unpaired) electrons. The number of ether oxygens (including phenoxy) is 1. The van der Waals surface area contributed by atoms with Crippen LogP contribution in [0.3, 0.4) is 0 Å². The van der Waals surface area contributed by atoms with E-state index in [1.165, 1.54) is 0 Å². The number of nitrogens with zero attached hydrogens (tertiary/aromatic N) is 1. The molecule has 156 valence electrons. The van der Waals surface area contributed by atoms with Gasteiger partial charge >= 0.3 is 0 Å². The number of para-hydroxylation sites is 1. The zero-order valence-electron chi connectivity index (χ0n) is 17.5. The Hall–Kier alpha value is -3.08. The van der Waals surface area contributed by atoms with E-state index < -0.39 is 6.04 Å². The summed E-state index contributed by atoms with van der Waals surface area (Å²) in [5.74, 6) is 0.687. The minimum atomic E-state index is -0.465. The fraction of sp³-hybridized carbons (Fsp3) is 0.360. The summed E-state index contributed by atoms with van der Waals surface area (Å²) in [4.78, 5) is 28.3. The number of carbonyl (C=O) groups excluding carboxylic acids is 1. The van der Waals surface area contributed by atoms with Crippen LogP contribution in [-0.4, -0.2) is 24.0 Å². The molecule has 1 aliphatic heterocycles. The maximum atomic E-state index is 13.4. The maximum absolute atomic E-state index is 13.4. The number of unbranched alkanes of at least 4 members (excludes halogenated alkanes) is 2. The maximum Gasteiger partial charge on any atom is 0.290 e. The molecule has 4 rings (SSSR count). The second-order valence-corrected chi connectivity index (χ2v) is 7.70. The first kappa shape index (κ1) is 20.2. The first-order valence-electron chi connectivity index (χ1n) is 10.7. The molecule has 30 heavy (non-hydrogen) atoms. The average molecular weight is 405 g/mol. The number of fused-ring (bicyclic) bond motifs is 2. The number of carbonyl (C=O) groups is 1. The minimum Gasteiger partial charge on any atom is -0.494 e. The zero-order valence-corrected chi connectivity index (χ0v) is 17.5. The molecule has 0 bridgehead atoms. The molecule has 2 heterocycles. The minimum absolute atomic E-state index is 0.141. The highest BCUT2D eigenvalue weighted by Gasteiger charge is 2.42. The number of benzene rings is 2. The largest absolute Gasteiger partial charge is 0.494 e. The number of amides is 1. The van der Waals surface area contributed by atoms with Gasteiger partial charge in [-0.05, 0) is 42.7 Å². The Kier molecular flexibility index (Phi) is 5.88. The molecule has 1 amide bonds. The molecule has 0 unspecified atom stereocenters. The molecule has 1 atom stereocenters. The Morgan fingerprint density at radius 1 is 1.00 bits per heavy atom. The van der Waals surface area contributed by atoms with Crippen molar-refractivity contribution >= 4 is 16.9 Å². The summed E-state index contributed by atoms with van der Waals surface area (Å²) in [5.41, 5.74) is 1.60. The molecule has 0 aliphatic carbocycles. The summed E-state index contributed by atoms with van der Waals surface area (Å²) in [6.07, 6.45) is 4.06. The average Bonchev–Trinajstić information content (AvgIpc) is 3.04. The van der Waals surface area contributed by atoms with Gasteiger partial charge in [-0.3, -0.25) is 9.59 Å². The molecule has 0 fully saturated rings. The van der Waals surface area contributed by atoms with Crippen molar-refractivity contribution < 1.29 is 13.9 Å². The number of rotatable bonds is 8.